The monoisotopic (exact) mass is 325 g/mol. The summed E-state index contributed by atoms with van der Waals surface area (Å²) in [5, 5.41) is 0. The van der Waals surface area contributed by atoms with E-state index in [2.05, 4.69) is 0 Å². The van der Waals surface area contributed by atoms with Gasteiger partial charge in [0.2, 0.25) is 10.0 Å². The standard InChI is InChI=1S/C15H16ClNO3S/c1-17(21(2,19)20)15(16)10-8-13(9-11-15)14(18)12-6-4-3-5-7-12/h3-10H,11H2,1-2H3. The minimum Gasteiger partial charge on any atom is -0.289 e. The van der Waals surface area contributed by atoms with E-state index >= 15 is 0 Å². The van der Waals surface area contributed by atoms with E-state index in [0.29, 0.717) is 11.1 Å². The van der Waals surface area contributed by atoms with Gasteiger partial charge < -0.3 is 0 Å². The Kier molecular flexibility index (Phi) is 4.37. The third-order valence-electron chi connectivity index (χ3n) is 3.45. The van der Waals surface area contributed by atoms with Crippen molar-refractivity contribution in [1.29, 1.82) is 0 Å². The number of alkyl halides is 1. The van der Waals surface area contributed by atoms with Gasteiger partial charge in [0.25, 0.3) is 0 Å². The molecule has 1 aliphatic carbocycles. The van der Waals surface area contributed by atoms with Crippen LogP contribution < -0.4 is 0 Å². The second-order valence-corrected chi connectivity index (χ2v) is 7.61. The first kappa shape index (κ1) is 15.9. The zero-order valence-electron chi connectivity index (χ0n) is 11.8. The van der Waals surface area contributed by atoms with Crippen LogP contribution in [0.4, 0.5) is 0 Å². The van der Waals surface area contributed by atoms with Crippen LogP contribution in [0.1, 0.15) is 16.8 Å². The van der Waals surface area contributed by atoms with Crippen molar-refractivity contribution in [3.63, 3.8) is 0 Å². The Morgan fingerprint density at radius 2 is 1.90 bits per heavy atom. The highest BCUT2D eigenvalue weighted by Crippen LogP contribution is 2.33. The molecule has 0 amide bonds. The fraction of sp³-hybridized carbons (Fsp3) is 0.267. The molecule has 0 aromatic heterocycles. The predicted molar refractivity (Wildman–Crippen MR) is 83.8 cm³/mol. The first-order valence-electron chi connectivity index (χ1n) is 6.36. The van der Waals surface area contributed by atoms with Crippen molar-refractivity contribution in [2.75, 3.05) is 13.3 Å². The first-order valence-corrected chi connectivity index (χ1v) is 8.59. The number of allylic oxidation sites excluding steroid dienone is 2. The number of nitrogens with zero attached hydrogens (tertiary/aromatic N) is 1. The summed E-state index contributed by atoms with van der Waals surface area (Å²) in [5.74, 6) is -0.104. The molecule has 6 heteroatoms. The minimum atomic E-state index is -3.41. The van der Waals surface area contributed by atoms with Crippen molar-refractivity contribution in [3.05, 3.63) is 59.7 Å². The quantitative estimate of drug-likeness (QED) is 0.486. The molecule has 1 aliphatic rings. The number of sulfonamides is 1. The SMILES string of the molecule is CN(C1(Cl)C=CC(C(=O)c2ccccc2)=CC1)S(C)(=O)=O. The van der Waals surface area contributed by atoms with E-state index in [9.17, 15) is 13.2 Å². The normalized spacial score (nSPS) is 22.2. The number of ketones is 1. The molecule has 4 nitrogen and oxygen atoms in total. The van der Waals surface area contributed by atoms with Gasteiger partial charge in [-0.1, -0.05) is 54.1 Å². The maximum Gasteiger partial charge on any atom is 0.212 e. The van der Waals surface area contributed by atoms with E-state index in [1.165, 1.54) is 7.05 Å². The summed E-state index contributed by atoms with van der Waals surface area (Å²) in [6.07, 6.45) is 6.13. The van der Waals surface area contributed by atoms with Crippen molar-refractivity contribution >= 4 is 27.4 Å². The van der Waals surface area contributed by atoms with E-state index in [0.717, 1.165) is 10.6 Å². The summed E-state index contributed by atoms with van der Waals surface area (Å²) in [6, 6.07) is 8.91. The fourth-order valence-corrected chi connectivity index (χ4v) is 3.24. The van der Waals surface area contributed by atoms with Crippen LogP contribution in [-0.4, -0.2) is 36.8 Å². The van der Waals surface area contributed by atoms with Crippen LogP contribution in [0.2, 0.25) is 0 Å². The molecule has 0 saturated heterocycles. The van der Waals surface area contributed by atoms with Crippen LogP contribution in [0.15, 0.2) is 54.1 Å². The fourth-order valence-electron chi connectivity index (χ4n) is 2.04. The van der Waals surface area contributed by atoms with Crippen molar-refractivity contribution in [3.8, 4) is 0 Å². The van der Waals surface area contributed by atoms with E-state index in [1.54, 1.807) is 42.5 Å². The number of hydrogen-bond acceptors (Lipinski definition) is 3. The van der Waals surface area contributed by atoms with Crippen molar-refractivity contribution < 1.29 is 13.2 Å². The third kappa shape index (κ3) is 3.43. The molecular weight excluding hydrogens is 310 g/mol. The van der Waals surface area contributed by atoms with Gasteiger partial charge in [-0.2, -0.15) is 4.31 Å². The summed E-state index contributed by atoms with van der Waals surface area (Å²) in [5.41, 5.74) is 1.10. The minimum absolute atomic E-state index is 0.104. The average Bonchev–Trinajstić information content (AvgIpc) is 2.46. The van der Waals surface area contributed by atoms with E-state index in [4.69, 9.17) is 11.6 Å². The Morgan fingerprint density at radius 1 is 1.29 bits per heavy atom. The molecule has 0 spiro atoms. The number of rotatable bonds is 4. The van der Waals surface area contributed by atoms with Crippen LogP contribution >= 0.6 is 11.6 Å². The molecule has 112 valence electrons. The predicted octanol–water partition coefficient (Wildman–Crippen LogP) is 2.58. The molecule has 2 rings (SSSR count). The molecule has 1 aromatic rings. The van der Waals surface area contributed by atoms with Gasteiger partial charge in [-0.15, -0.1) is 0 Å². The van der Waals surface area contributed by atoms with Crippen LogP contribution in [0.3, 0.4) is 0 Å². The molecule has 0 aliphatic heterocycles. The molecule has 0 bridgehead atoms. The van der Waals surface area contributed by atoms with Crippen LogP contribution in [0.25, 0.3) is 0 Å². The van der Waals surface area contributed by atoms with E-state index in [1.807, 2.05) is 6.07 Å². The number of carbonyl (C=O) groups excluding carboxylic acids is 1. The lowest BCUT2D eigenvalue weighted by molar-refractivity contribution is 0.103. The number of carbonyl (C=O) groups is 1. The Morgan fingerprint density at radius 3 is 2.38 bits per heavy atom. The topological polar surface area (TPSA) is 54.5 Å². The Balaban J connectivity index is 2.21. The van der Waals surface area contributed by atoms with Crippen molar-refractivity contribution in [2.45, 2.75) is 11.4 Å². The van der Waals surface area contributed by atoms with Crippen LogP contribution in [-0.2, 0) is 10.0 Å². The third-order valence-corrected chi connectivity index (χ3v) is 5.40. The van der Waals surface area contributed by atoms with Gasteiger partial charge in [-0.25, -0.2) is 8.42 Å². The highest BCUT2D eigenvalue weighted by atomic mass is 35.5. The molecule has 1 atom stereocenters. The molecule has 21 heavy (non-hydrogen) atoms. The summed E-state index contributed by atoms with van der Waals surface area (Å²) in [7, 11) is -1.99. The van der Waals surface area contributed by atoms with Gasteiger partial charge in [0, 0.05) is 24.6 Å². The van der Waals surface area contributed by atoms with Crippen LogP contribution in [0.5, 0.6) is 0 Å². The van der Waals surface area contributed by atoms with Crippen molar-refractivity contribution in [2.24, 2.45) is 0 Å². The highest BCUT2D eigenvalue weighted by Gasteiger charge is 2.36. The van der Waals surface area contributed by atoms with Gasteiger partial charge in [0.1, 0.15) is 5.00 Å². The van der Waals surface area contributed by atoms with Gasteiger partial charge in [0.05, 0.1) is 6.26 Å². The largest absolute Gasteiger partial charge is 0.289 e. The molecule has 0 N–H and O–H groups in total. The maximum absolute atomic E-state index is 12.3. The number of hydrogen-bond donors (Lipinski definition) is 0. The molecule has 0 saturated carbocycles. The Labute approximate surface area is 129 Å². The van der Waals surface area contributed by atoms with Crippen molar-refractivity contribution in [1.82, 2.24) is 4.31 Å². The molecule has 0 fully saturated rings. The first-order chi connectivity index (χ1) is 9.74. The van der Waals surface area contributed by atoms with Gasteiger partial charge in [-0.3, -0.25) is 4.79 Å². The average molecular weight is 326 g/mol. The van der Waals surface area contributed by atoms with Gasteiger partial charge in [-0.05, 0) is 6.08 Å². The molecule has 1 unspecified atom stereocenters. The zero-order chi connectivity index (χ0) is 15.7. The second kappa shape index (κ2) is 5.75. The maximum atomic E-state index is 12.3. The summed E-state index contributed by atoms with van der Waals surface area (Å²) in [6.45, 7) is 0. The molecule has 0 radical (unpaired) electrons. The summed E-state index contributed by atoms with van der Waals surface area (Å²) in [4.78, 5) is 11.1. The highest BCUT2D eigenvalue weighted by molar-refractivity contribution is 7.88. The Bertz CT molecular complexity index is 710. The van der Waals surface area contributed by atoms with E-state index in [-0.39, 0.29) is 12.2 Å². The lowest BCUT2D eigenvalue weighted by Gasteiger charge is -2.33. The lowest BCUT2D eigenvalue weighted by atomic mass is 9.96. The number of Topliss-reactive ketones (excluding diaryl/α,β-unsaturated/α-hetero) is 1. The zero-order valence-corrected chi connectivity index (χ0v) is 13.4. The number of halogens is 1. The number of benzene rings is 1. The molecule has 0 heterocycles. The lowest BCUT2D eigenvalue weighted by Crippen LogP contribution is -2.43. The smallest absolute Gasteiger partial charge is 0.212 e. The van der Waals surface area contributed by atoms with Gasteiger partial charge in [0.15, 0.2) is 5.78 Å². The summed E-state index contributed by atoms with van der Waals surface area (Å²) < 4.78 is 24.3. The molecule has 1 aromatic carbocycles. The summed E-state index contributed by atoms with van der Waals surface area (Å²) >= 11 is 6.33. The Hall–Kier alpha value is -1.43. The second-order valence-electron chi connectivity index (χ2n) is 4.94. The van der Waals surface area contributed by atoms with Gasteiger partial charge >= 0.3 is 0 Å². The molecular formula is C15H16ClNO3S. The van der Waals surface area contributed by atoms with E-state index < -0.39 is 15.0 Å². The number of likely N-dealkylation sites (N-methyl/N-ethyl adjacent to an activating group) is 1. The van der Waals surface area contributed by atoms with Crippen LogP contribution in [0, 0.1) is 0 Å².